The zero-order chi connectivity index (χ0) is 8.53. The first-order valence-electron chi connectivity index (χ1n) is 4.27. The summed E-state index contributed by atoms with van der Waals surface area (Å²) in [5, 5.41) is 9.23. The van der Waals surface area contributed by atoms with E-state index in [2.05, 4.69) is 19.1 Å². The molecule has 0 spiro atoms. The molecule has 0 rings (SSSR count). The van der Waals surface area contributed by atoms with Gasteiger partial charge >= 0.3 is 0 Å². The monoisotopic (exact) mass is 154 g/mol. The van der Waals surface area contributed by atoms with Gasteiger partial charge in [0, 0.05) is 0 Å². The molecule has 0 bridgehead atoms. The van der Waals surface area contributed by atoms with Gasteiger partial charge in [0.1, 0.15) is 0 Å². The quantitative estimate of drug-likeness (QED) is 0.604. The van der Waals surface area contributed by atoms with E-state index in [0.717, 1.165) is 19.3 Å². The number of rotatable bonds is 5. The molecular formula is C10H18O. The van der Waals surface area contributed by atoms with Crippen LogP contribution in [0.25, 0.3) is 0 Å². The van der Waals surface area contributed by atoms with Crippen LogP contribution >= 0.6 is 0 Å². The van der Waals surface area contributed by atoms with E-state index in [1.54, 1.807) is 0 Å². The van der Waals surface area contributed by atoms with Crippen LogP contribution in [0.4, 0.5) is 0 Å². The van der Waals surface area contributed by atoms with Crippen molar-refractivity contribution < 1.29 is 5.11 Å². The van der Waals surface area contributed by atoms with Gasteiger partial charge in [-0.05, 0) is 26.2 Å². The van der Waals surface area contributed by atoms with Gasteiger partial charge in [-0.15, -0.1) is 0 Å². The predicted molar refractivity (Wildman–Crippen MR) is 49.5 cm³/mol. The van der Waals surface area contributed by atoms with Crippen molar-refractivity contribution in [2.75, 3.05) is 0 Å². The third-order valence-electron chi connectivity index (χ3n) is 1.45. The van der Waals surface area contributed by atoms with Crippen molar-refractivity contribution in [2.45, 2.75) is 39.2 Å². The van der Waals surface area contributed by atoms with Crippen molar-refractivity contribution in [3.8, 4) is 0 Å². The van der Waals surface area contributed by atoms with Crippen molar-refractivity contribution in [3.63, 3.8) is 0 Å². The summed E-state index contributed by atoms with van der Waals surface area (Å²) >= 11 is 0. The molecule has 1 unspecified atom stereocenters. The molecular weight excluding hydrogens is 136 g/mol. The smallest absolute Gasteiger partial charge is 0.0723 e. The first kappa shape index (κ1) is 10.4. The molecule has 0 aliphatic rings. The third-order valence-corrected chi connectivity index (χ3v) is 1.45. The number of allylic oxidation sites excluding steroid dienone is 3. The fraction of sp³-hybridized carbons (Fsp3) is 0.600. The van der Waals surface area contributed by atoms with Gasteiger partial charge in [0.25, 0.3) is 0 Å². The van der Waals surface area contributed by atoms with E-state index >= 15 is 0 Å². The molecule has 1 atom stereocenters. The highest BCUT2D eigenvalue weighted by Gasteiger charge is 1.94. The summed E-state index contributed by atoms with van der Waals surface area (Å²) in [6.45, 7) is 4.03. The van der Waals surface area contributed by atoms with Gasteiger partial charge in [-0.25, -0.2) is 0 Å². The highest BCUT2D eigenvalue weighted by molar-refractivity contribution is 4.88. The molecule has 0 aromatic heterocycles. The van der Waals surface area contributed by atoms with Gasteiger partial charge in [0.2, 0.25) is 0 Å². The molecule has 11 heavy (non-hydrogen) atoms. The standard InChI is InChI=1S/C10H18O/c1-3-5-6-7-9-10(11)8-4-2/h4-6,8,10-11H,3,7,9H2,1-2H3. The van der Waals surface area contributed by atoms with Crippen LogP contribution in [0.15, 0.2) is 24.3 Å². The predicted octanol–water partition coefficient (Wildman–Crippen LogP) is 2.67. The fourth-order valence-corrected chi connectivity index (χ4v) is 0.870. The summed E-state index contributed by atoms with van der Waals surface area (Å²) in [7, 11) is 0. The molecule has 0 radical (unpaired) electrons. The Balaban J connectivity index is 3.30. The lowest BCUT2D eigenvalue weighted by molar-refractivity contribution is 0.214. The lowest BCUT2D eigenvalue weighted by Gasteiger charge is -2.00. The van der Waals surface area contributed by atoms with Crippen LogP contribution in [0.1, 0.15) is 33.1 Å². The van der Waals surface area contributed by atoms with Crippen molar-refractivity contribution >= 4 is 0 Å². The van der Waals surface area contributed by atoms with Gasteiger partial charge in [-0.1, -0.05) is 31.2 Å². The lowest BCUT2D eigenvalue weighted by atomic mass is 10.2. The first-order valence-corrected chi connectivity index (χ1v) is 4.27. The van der Waals surface area contributed by atoms with Crippen molar-refractivity contribution in [3.05, 3.63) is 24.3 Å². The molecule has 1 N–H and O–H groups in total. The molecule has 0 heterocycles. The molecule has 0 aromatic carbocycles. The lowest BCUT2D eigenvalue weighted by Crippen LogP contribution is -1.99. The molecule has 0 aliphatic heterocycles. The van der Waals surface area contributed by atoms with Gasteiger partial charge in [0.05, 0.1) is 6.10 Å². The third kappa shape index (κ3) is 7.34. The van der Waals surface area contributed by atoms with E-state index in [0.29, 0.717) is 0 Å². The summed E-state index contributed by atoms with van der Waals surface area (Å²) < 4.78 is 0. The normalized spacial score (nSPS) is 14.8. The Morgan fingerprint density at radius 1 is 1.36 bits per heavy atom. The van der Waals surface area contributed by atoms with E-state index in [4.69, 9.17) is 0 Å². The Bertz CT molecular complexity index is 125. The second-order valence-electron chi connectivity index (χ2n) is 2.55. The van der Waals surface area contributed by atoms with E-state index < -0.39 is 0 Å². The molecule has 64 valence electrons. The summed E-state index contributed by atoms with van der Waals surface area (Å²) in [5.74, 6) is 0. The molecule has 0 aromatic rings. The van der Waals surface area contributed by atoms with E-state index in [9.17, 15) is 5.11 Å². The largest absolute Gasteiger partial charge is 0.389 e. The summed E-state index contributed by atoms with van der Waals surface area (Å²) in [5.41, 5.74) is 0. The average molecular weight is 154 g/mol. The van der Waals surface area contributed by atoms with Crippen LogP contribution in [0.5, 0.6) is 0 Å². The fourth-order valence-electron chi connectivity index (χ4n) is 0.870. The summed E-state index contributed by atoms with van der Waals surface area (Å²) in [6.07, 6.45) is 10.6. The van der Waals surface area contributed by atoms with Crippen LogP contribution in [-0.4, -0.2) is 11.2 Å². The Hall–Kier alpha value is -0.560. The van der Waals surface area contributed by atoms with Crippen LogP contribution in [0.3, 0.4) is 0 Å². The van der Waals surface area contributed by atoms with Gasteiger partial charge in [-0.3, -0.25) is 0 Å². The Morgan fingerprint density at radius 3 is 2.64 bits per heavy atom. The molecule has 0 aliphatic carbocycles. The molecule has 0 amide bonds. The van der Waals surface area contributed by atoms with Gasteiger partial charge in [0.15, 0.2) is 0 Å². The second-order valence-corrected chi connectivity index (χ2v) is 2.55. The maximum Gasteiger partial charge on any atom is 0.0723 e. The molecule has 0 fully saturated rings. The SMILES string of the molecule is CC=CC(O)CCC=CCC. The zero-order valence-electron chi connectivity index (χ0n) is 7.46. The van der Waals surface area contributed by atoms with Gasteiger partial charge in [-0.2, -0.15) is 0 Å². The Kier molecular flexibility index (Phi) is 7.16. The van der Waals surface area contributed by atoms with Crippen molar-refractivity contribution in [2.24, 2.45) is 0 Å². The summed E-state index contributed by atoms with van der Waals surface area (Å²) in [4.78, 5) is 0. The number of aliphatic hydroxyl groups excluding tert-OH is 1. The summed E-state index contributed by atoms with van der Waals surface area (Å²) in [6, 6.07) is 0. The highest BCUT2D eigenvalue weighted by atomic mass is 16.3. The van der Waals surface area contributed by atoms with Gasteiger partial charge < -0.3 is 5.11 Å². The average Bonchev–Trinajstić information content (AvgIpc) is 1.99. The van der Waals surface area contributed by atoms with E-state index in [-0.39, 0.29) is 6.10 Å². The van der Waals surface area contributed by atoms with E-state index in [1.807, 2.05) is 19.1 Å². The number of hydrogen-bond acceptors (Lipinski definition) is 1. The number of hydrogen-bond donors (Lipinski definition) is 1. The maximum absolute atomic E-state index is 9.23. The molecule has 1 heteroatoms. The van der Waals surface area contributed by atoms with Crippen molar-refractivity contribution in [1.82, 2.24) is 0 Å². The van der Waals surface area contributed by atoms with Crippen LogP contribution in [0, 0.1) is 0 Å². The second kappa shape index (κ2) is 7.55. The Labute approximate surface area is 69.4 Å². The topological polar surface area (TPSA) is 20.2 Å². The Morgan fingerprint density at radius 2 is 2.09 bits per heavy atom. The minimum absolute atomic E-state index is 0.262. The number of aliphatic hydroxyl groups is 1. The first-order chi connectivity index (χ1) is 5.31. The molecule has 0 saturated carbocycles. The highest BCUT2D eigenvalue weighted by Crippen LogP contribution is 1.99. The maximum atomic E-state index is 9.23. The van der Waals surface area contributed by atoms with Crippen LogP contribution < -0.4 is 0 Å². The minimum atomic E-state index is -0.262. The van der Waals surface area contributed by atoms with Crippen LogP contribution in [0.2, 0.25) is 0 Å². The molecule has 1 nitrogen and oxygen atoms in total. The minimum Gasteiger partial charge on any atom is -0.389 e. The molecule has 0 saturated heterocycles. The zero-order valence-corrected chi connectivity index (χ0v) is 7.46. The van der Waals surface area contributed by atoms with E-state index in [1.165, 1.54) is 0 Å². The van der Waals surface area contributed by atoms with Crippen LogP contribution in [-0.2, 0) is 0 Å². The van der Waals surface area contributed by atoms with Crippen molar-refractivity contribution in [1.29, 1.82) is 0 Å².